The smallest absolute Gasteiger partial charge is 0.287 e. The van der Waals surface area contributed by atoms with Gasteiger partial charge in [0.1, 0.15) is 5.76 Å². The van der Waals surface area contributed by atoms with Gasteiger partial charge in [-0.25, -0.2) is 0 Å². The Bertz CT molecular complexity index is 730. The molecule has 2 rings (SSSR count). The van der Waals surface area contributed by atoms with Crippen LogP contribution in [0.5, 0.6) is 0 Å². The third-order valence-electron chi connectivity index (χ3n) is 3.12. The van der Waals surface area contributed by atoms with Gasteiger partial charge in [0.25, 0.3) is 5.91 Å². The highest BCUT2D eigenvalue weighted by Crippen LogP contribution is 2.22. The van der Waals surface area contributed by atoms with Gasteiger partial charge in [-0.2, -0.15) is 0 Å². The molecule has 0 aliphatic rings. The van der Waals surface area contributed by atoms with Crippen molar-refractivity contribution in [2.45, 2.75) is 20.3 Å². The first-order valence-electron chi connectivity index (χ1n) is 7.01. The summed E-state index contributed by atoms with van der Waals surface area (Å²) in [6.45, 7) is 3.77. The zero-order chi connectivity index (χ0) is 15.9. The second kappa shape index (κ2) is 7.28. The predicted molar refractivity (Wildman–Crippen MR) is 84.5 cm³/mol. The Kier molecular flexibility index (Phi) is 5.16. The summed E-state index contributed by atoms with van der Waals surface area (Å²) in [6.07, 6.45) is 0.613. The van der Waals surface area contributed by atoms with Crippen molar-refractivity contribution in [2.75, 3.05) is 6.54 Å². The summed E-state index contributed by atoms with van der Waals surface area (Å²) in [5, 5.41) is 2.74. The topological polar surface area (TPSA) is 59.3 Å². The van der Waals surface area contributed by atoms with Gasteiger partial charge in [0, 0.05) is 24.1 Å². The normalized spacial score (nSPS) is 9.73. The molecule has 0 radical (unpaired) electrons. The average Bonchev–Trinajstić information content (AvgIpc) is 3.01. The van der Waals surface area contributed by atoms with Crippen LogP contribution in [-0.4, -0.2) is 18.2 Å². The van der Waals surface area contributed by atoms with E-state index in [-0.39, 0.29) is 17.5 Å². The number of hydrogen-bond donors (Lipinski definition) is 1. The fraction of sp³-hybridized carbons (Fsp3) is 0.222. The van der Waals surface area contributed by atoms with E-state index in [1.165, 1.54) is 6.92 Å². The van der Waals surface area contributed by atoms with E-state index in [1.807, 2.05) is 0 Å². The molecule has 2 aromatic rings. The average molecular weight is 295 g/mol. The van der Waals surface area contributed by atoms with E-state index in [9.17, 15) is 9.59 Å². The number of nitrogens with one attached hydrogen (secondary N) is 1. The molecule has 1 heterocycles. The van der Waals surface area contributed by atoms with Crippen LogP contribution in [0.25, 0.3) is 11.3 Å². The van der Waals surface area contributed by atoms with Crippen LogP contribution < -0.4 is 5.32 Å². The quantitative estimate of drug-likeness (QED) is 0.523. The maximum atomic E-state index is 11.9. The number of carbonyl (C=O) groups is 2. The van der Waals surface area contributed by atoms with Crippen LogP contribution in [0.3, 0.4) is 0 Å². The van der Waals surface area contributed by atoms with E-state index in [0.717, 1.165) is 5.56 Å². The molecule has 22 heavy (non-hydrogen) atoms. The van der Waals surface area contributed by atoms with Gasteiger partial charge in [-0.15, -0.1) is 11.8 Å². The molecule has 0 spiro atoms. The summed E-state index contributed by atoms with van der Waals surface area (Å²) in [5.41, 5.74) is 1.46. The molecular weight excluding hydrogens is 278 g/mol. The Labute approximate surface area is 129 Å². The second-order valence-corrected chi connectivity index (χ2v) is 4.73. The molecule has 0 saturated carbocycles. The predicted octanol–water partition coefficient (Wildman–Crippen LogP) is 3.29. The van der Waals surface area contributed by atoms with Gasteiger partial charge in [0.05, 0.1) is 0 Å². The van der Waals surface area contributed by atoms with Gasteiger partial charge in [0.2, 0.25) is 0 Å². The summed E-state index contributed by atoms with van der Waals surface area (Å²) < 4.78 is 5.56. The molecule has 112 valence electrons. The first kappa shape index (κ1) is 15.6. The van der Waals surface area contributed by atoms with E-state index < -0.39 is 0 Å². The van der Waals surface area contributed by atoms with E-state index >= 15 is 0 Å². The molecule has 0 atom stereocenters. The largest absolute Gasteiger partial charge is 0.451 e. The van der Waals surface area contributed by atoms with E-state index in [0.29, 0.717) is 24.3 Å². The molecule has 1 aromatic carbocycles. The van der Waals surface area contributed by atoms with Crippen molar-refractivity contribution in [1.82, 2.24) is 5.32 Å². The number of rotatable bonds is 5. The Morgan fingerprint density at radius 2 is 1.86 bits per heavy atom. The Morgan fingerprint density at radius 1 is 1.14 bits per heavy atom. The fourth-order valence-electron chi connectivity index (χ4n) is 1.93. The lowest BCUT2D eigenvalue weighted by molar-refractivity contribution is 0.0927. The first-order valence-corrected chi connectivity index (χ1v) is 7.01. The van der Waals surface area contributed by atoms with Crippen LogP contribution in [0.2, 0.25) is 0 Å². The lowest BCUT2D eigenvalue weighted by atomic mass is 10.1. The highest BCUT2D eigenvalue weighted by atomic mass is 16.3. The number of benzene rings is 1. The molecule has 0 aliphatic carbocycles. The number of hydrogen-bond acceptors (Lipinski definition) is 3. The molecule has 4 nitrogen and oxygen atoms in total. The highest BCUT2D eigenvalue weighted by molar-refractivity contribution is 5.94. The molecule has 0 bridgehead atoms. The van der Waals surface area contributed by atoms with Gasteiger partial charge in [-0.05, 0) is 26.0 Å². The van der Waals surface area contributed by atoms with Gasteiger partial charge >= 0.3 is 0 Å². The molecule has 1 N–H and O–H groups in total. The first-order chi connectivity index (χ1) is 10.6. The Morgan fingerprint density at radius 3 is 2.50 bits per heavy atom. The number of Topliss-reactive ketones (excluding diaryl/α,β-unsaturated/α-hetero) is 1. The van der Waals surface area contributed by atoms with Gasteiger partial charge in [-0.1, -0.05) is 24.3 Å². The third kappa shape index (κ3) is 3.86. The maximum absolute atomic E-state index is 11.9. The monoisotopic (exact) mass is 295 g/mol. The lowest BCUT2D eigenvalue weighted by Crippen LogP contribution is -2.23. The molecule has 4 heteroatoms. The Hall–Kier alpha value is -2.80. The van der Waals surface area contributed by atoms with Gasteiger partial charge < -0.3 is 9.73 Å². The summed E-state index contributed by atoms with van der Waals surface area (Å²) in [4.78, 5) is 23.1. The van der Waals surface area contributed by atoms with E-state index in [1.54, 1.807) is 43.3 Å². The molecule has 0 fully saturated rings. The third-order valence-corrected chi connectivity index (χ3v) is 3.12. The minimum Gasteiger partial charge on any atom is -0.451 e. The summed E-state index contributed by atoms with van der Waals surface area (Å²) in [7, 11) is 0. The number of carbonyl (C=O) groups excluding carboxylic acids is 2. The molecule has 1 amide bonds. The zero-order valence-electron chi connectivity index (χ0n) is 12.6. The van der Waals surface area contributed by atoms with Crippen LogP contribution in [0.1, 0.15) is 41.2 Å². The maximum Gasteiger partial charge on any atom is 0.287 e. The van der Waals surface area contributed by atoms with Crippen LogP contribution >= 0.6 is 0 Å². The van der Waals surface area contributed by atoms with Gasteiger partial charge in [-0.3, -0.25) is 9.59 Å². The summed E-state index contributed by atoms with van der Waals surface area (Å²) >= 11 is 0. The lowest BCUT2D eigenvalue weighted by Gasteiger charge is -2.01. The van der Waals surface area contributed by atoms with Crippen LogP contribution in [0, 0.1) is 11.8 Å². The van der Waals surface area contributed by atoms with Crippen molar-refractivity contribution in [2.24, 2.45) is 0 Å². The number of amides is 1. The van der Waals surface area contributed by atoms with Crippen molar-refractivity contribution in [3.8, 4) is 23.2 Å². The second-order valence-electron chi connectivity index (χ2n) is 4.73. The van der Waals surface area contributed by atoms with Crippen molar-refractivity contribution in [3.63, 3.8) is 0 Å². The molecule has 0 aliphatic heterocycles. The van der Waals surface area contributed by atoms with Gasteiger partial charge in [0.15, 0.2) is 11.5 Å². The number of ketones is 1. The highest BCUT2D eigenvalue weighted by Gasteiger charge is 2.11. The number of furan rings is 1. The standard InChI is InChI=1S/C18H17NO3/c1-3-4-5-12-19-18(21)17-11-10-16(22-17)15-8-6-14(7-9-15)13(2)20/h6-11H,5,12H2,1-2H3,(H,19,21). The van der Waals surface area contributed by atoms with Crippen molar-refractivity contribution in [3.05, 3.63) is 47.7 Å². The molecular formula is C18H17NO3. The summed E-state index contributed by atoms with van der Waals surface area (Å²) in [6, 6.07) is 10.5. The van der Waals surface area contributed by atoms with Crippen LogP contribution in [-0.2, 0) is 0 Å². The van der Waals surface area contributed by atoms with Crippen LogP contribution in [0.15, 0.2) is 40.8 Å². The van der Waals surface area contributed by atoms with E-state index in [2.05, 4.69) is 17.2 Å². The molecule has 1 aromatic heterocycles. The van der Waals surface area contributed by atoms with Crippen molar-refractivity contribution >= 4 is 11.7 Å². The summed E-state index contributed by atoms with van der Waals surface area (Å²) in [5.74, 6) is 6.25. The van der Waals surface area contributed by atoms with Crippen molar-refractivity contribution < 1.29 is 14.0 Å². The van der Waals surface area contributed by atoms with Crippen molar-refractivity contribution in [1.29, 1.82) is 0 Å². The minimum absolute atomic E-state index is 0.0150. The SMILES string of the molecule is CC#CCCNC(=O)c1ccc(-c2ccc(C(C)=O)cc2)o1. The Balaban J connectivity index is 2.05. The minimum atomic E-state index is -0.260. The fourth-order valence-corrected chi connectivity index (χ4v) is 1.93. The zero-order valence-corrected chi connectivity index (χ0v) is 12.6. The van der Waals surface area contributed by atoms with Crippen LogP contribution in [0.4, 0.5) is 0 Å². The van der Waals surface area contributed by atoms with E-state index in [4.69, 9.17) is 4.42 Å². The molecule has 0 unspecified atom stereocenters. The molecule has 0 saturated heterocycles.